The number of fused-ring (bicyclic) bond motifs is 1. The van der Waals surface area contributed by atoms with E-state index in [1.54, 1.807) is 4.57 Å². The van der Waals surface area contributed by atoms with Gasteiger partial charge in [0.05, 0.1) is 18.3 Å². The van der Waals surface area contributed by atoms with Gasteiger partial charge in [0.1, 0.15) is 18.1 Å². The largest absolute Gasteiger partial charge is 0.377 e. The van der Waals surface area contributed by atoms with E-state index in [-0.39, 0.29) is 23.9 Å². The summed E-state index contributed by atoms with van der Waals surface area (Å²) in [6.45, 7) is 7.21. The molecule has 166 valence electrons. The van der Waals surface area contributed by atoms with Gasteiger partial charge in [0.15, 0.2) is 5.82 Å². The second kappa shape index (κ2) is 8.23. The van der Waals surface area contributed by atoms with Crippen LogP contribution in [0, 0.1) is 5.41 Å². The highest BCUT2D eigenvalue weighted by atomic mass is 16.6. The van der Waals surface area contributed by atoms with Crippen LogP contribution in [0.25, 0.3) is 11.3 Å². The van der Waals surface area contributed by atoms with Gasteiger partial charge in [-0.3, -0.25) is 15.2 Å². The second-order valence-electron chi connectivity index (χ2n) is 8.67. The van der Waals surface area contributed by atoms with Crippen LogP contribution in [0.5, 0.6) is 0 Å². The van der Waals surface area contributed by atoms with Crippen LogP contribution >= 0.6 is 0 Å². The molecule has 3 aliphatic heterocycles. The molecule has 2 aromatic rings. The van der Waals surface area contributed by atoms with Gasteiger partial charge in [0.2, 0.25) is 5.62 Å². The molecule has 0 aliphatic carbocycles. The standard InChI is InChI=1S/C22H30N6O3/c1-15-11-25(12-16(2)31-15)20-19(17-7-4-3-5-8-17)24-22(23)27-14-26(28(29)21(20)27)13-18-9-6-10-30-18/h3-5,7-8,15-16,18,23,29H,6,9-14H2,1-2H3/t15?,16?,18-/m1/s1. The number of hydrazine groups is 1. The van der Waals surface area contributed by atoms with Gasteiger partial charge in [-0.25, -0.2) is 4.98 Å². The molecular weight excluding hydrogens is 396 g/mol. The molecule has 5 rings (SSSR count). The monoisotopic (exact) mass is 426 g/mol. The fraction of sp³-hybridized carbons (Fsp3) is 0.545. The van der Waals surface area contributed by atoms with Crippen molar-refractivity contribution in [3.63, 3.8) is 0 Å². The van der Waals surface area contributed by atoms with Crippen LogP contribution < -0.4 is 15.7 Å². The number of hydrogen-bond acceptors (Lipinski definition) is 8. The van der Waals surface area contributed by atoms with Crippen molar-refractivity contribution in [2.75, 3.05) is 36.3 Å². The summed E-state index contributed by atoms with van der Waals surface area (Å²) in [6, 6.07) is 9.89. The Morgan fingerprint density at radius 1 is 1.16 bits per heavy atom. The van der Waals surface area contributed by atoms with E-state index < -0.39 is 0 Å². The molecule has 1 aromatic carbocycles. The lowest BCUT2D eigenvalue weighted by atomic mass is 10.1. The molecule has 31 heavy (non-hydrogen) atoms. The fourth-order valence-corrected chi connectivity index (χ4v) is 4.85. The first kappa shape index (κ1) is 20.4. The van der Waals surface area contributed by atoms with Crippen molar-refractivity contribution in [2.45, 2.75) is 51.7 Å². The average molecular weight is 427 g/mol. The summed E-state index contributed by atoms with van der Waals surface area (Å²) in [4.78, 5) is 6.93. The van der Waals surface area contributed by atoms with Gasteiger partial charge in [-0.15, -0.1) is 0 Å². The highest BCUT2D eigenvalue weighted by Gasteiger charge is 2.37. The SMILES string of the molecule is CC1CN(c2c(-c3ccccc3)nc(=N)n3c2N(O)N(C[C@H]2CCCO2)C3)CC(C)O1. The molecule has 2 fully saturated rings. The van der Waals surface area contributed by atoms with Crippen LogP contribution in [-0.2, 0) is 16.1 Å². The Morgan fingerprint density at radius 2 is 1.90 bits per heavy atom. The van der Waals surface area contributed by atoms with Crippen LogP contribution in [0.4, 0.5) is 11.5 Å². The summed E-state index contributed by atoms with van der Waals surface area (Å²) in [5.74, 6) is 0.582. The van der Waals surface area contributed by atoms with E-state index in [1.807, 2.05) is 35.3 Å². The summed E-state index contributed by atoms with van der Waals surface area (Å²) in [7, 11) is 0. The van der Waals surface area contributed by atoms with E-state index in [2.05, 4.69) is 18.7 Å². The molecule has 3 atom stereocenters. The highest BCUT2D eigenvalue weighted by molar-refractivity contribution is 5.84. The third-order valence-electron chi connectivity index (χ3n) is 6.15. The third-order valence-corrected chi connectivity index (χ3v) is 6.15. The Labute approximate surface area is 181 Å². The number of benzene rings is 1. The molecule has 2 unspecified atom stereocenters. The smallest absolute Gasteiger partial charge is 0.225 e. The van der Waals surface area contributed by atoms with E-state index >= 15 is 0 Å². The summed E-state index contributed by atoms with van der Waals surface area (Å²) < 4.78 is 13.5. The Hall–Kier alpha value is -2.46. The topological polar surface area (TPSA) is 90.1 Å². The zero-order valence-electron chi connectivity index (χ0n) is 18.1. The minimum atomic E-state index is 0.0558. The van der Waals surface area contributed by atoms with Crippen molar-refractivity contribution in [2.24, 2.45) is 0 Å². The summed E-state index contributed by atoms with van der Waals surface area (Å²) in [5.41, 5.74) is 2.59. The molecule has 0 amide bonds. The van der Waals surface area contributed by atoms with Gasteiger partial charge in [-0.2, -0.15) is 10.2 Å². The fourth-order valence-electron chi connectivity index (χ4n) is 4.85. The Balaban J connectivity index is 1.61. The second-order valence-corrected chi connectivity index (χ2v) is 8.67. The Morgan fingerprint density at radius 3 is 2.58 bits per heavy atom. The van der Waals surface area contributed by atoms with Gasteiger partial charge in [-0.1, -0.05) is 30.3 Å². The lowest BCUT2D eigenvalue weighted by molar-refractivity contribution is -0.00547. The molecule has 9 heteroatoms. The highest BCUT2D eigenvalue weighted by Crippen LogP contribution is 2.40. The molecule has 4 heterocycles. The maximum Gasteiger partial charge on any atom is 0.225 e. The van der Waals surface area contributed by atoms with Crippen molar-refractivity contribution in [3.05, 3.63) is 36.0 Å². The third kappa shape index (κ3) is 3.82. The normalized spacial score (nSPS) is 26.5. The van der Waals surface area contributed by atoms with E-state index in [0.29, 0.717) is 37.8 Å². The average Bonchev–Trinajstić information content (AvgIpc) is 3.37. The molecule has 0 radical (unpaired) electrons. The summed E-state index contributed by atoms with van der Waals surface area (Å²) in [6.07, 6.45) is 2.23. The number of rotatable bonds is 4. The molecule has 2 N–H and O–H groups in total. The first-order valence-corrected chi connectivity index (χ1v) is 11.0. The zero-order valence-corrected chi connectivity index (χ0v) is 18.1. The number of hydrogen-bond donors (Lipinski definition) is 2. The van der Waals surface area contributed by atoms with Crippen molar-refractivity contribution in [1.29, 1.82) is 5.41 Å². The van der Waals surface area contributed by atoms with Gasteiger partial charge < -0.3 is 14.4 Å². The molecule has 0 spiro atoms. The minimum absolute atomic E-state index is 0.0558. The van der Waals surface area contributed by atoms with Crippen LogP contribution in [0.1, 0.15) is 26.7 Å². The van der Waals surface area contributed by atoms with Crippen molar-refractivity contribution in [3.8, 4) is 11.3 Å². The van der Waals surface area contributed by atoms with Gasteiger partial charge >= 0.3 is 0 Å². The van der Waals surface area contributed by atoms with Crippen LogP contribution in [0.2, 0.25) is 0 Å². The lowest BCUT2D eigenvalue weighted by Gasteiger charge is -2.38. The molecule has 0 saturated carbocycles. The molecule has 0 bridgehead atoms. The van der Waals surface area contributed by atoms with Crippen LogP contribution in [0.3, 0.4) is 0 Å². The maximum absolute atomic E-state index is 11.3. The van der Waals surface area contributed by atoms with Crippen molar-refractivity contribution in [1.82, 2.24) is 14.6 Å². The lowest BCUT2D eigenvalue weighted by Crippen LogP contribution is -2.47. The number of anilines is 2. The number of ether oxygens (including phenoxy) is 2. The number of nitrogens with zero attached hydrogens (tertiary/aromatic N) is 5. The number of aromatic nitrogens is 2. The van der Waals surface area contributed by atoms with Gasteiger partial charge in [0, 0.05) is 31.8 Å². The maximum atomic E-state index is 11.3. The molecular formula is C22H30N6O3. The van der Waals surface area contributed by atoms with Crippen LogP contribution in [0.15, 0.2) is 30.3 Å². The van der Waals surface area contributed by atoms with Crippen molar-refractivity contribution >= 4 is 11.5 Å². The zero-order chi connectivity index (χ0) is 21.5. The molecule has 3 aliphatic rings. The van der Waals surface area contributed by atoms with Gasteiger partial charge in [-0.05, 0) is 26.7 Å². The Bertz CT molecular complexity index is 981. The number of morpholine rings is 1. The summed E-state index contributed by atoms with van der Waals surface area (Å²) >= 11 is 0. The van der Waals surface area contributed by atoms with Crippen molar-refractivity contribution < 1.29 is 14.7 Å². The molecule has 9 nitrogen and oxygen atoms in total. The number of nitrogens with one attached hydrogen (secondary N) is 1. The van der Waals surface area contributed by atoms with E-state index in [0.717, 1.165) is 30.7 Å². The van der Waals surface area contributed by atoms with Crippen LogP contribution in [-0.4, -0.2) is 64.3 Å². The molecule has 2 saturated heterocycles. The predicted molar refractivity (Wildman–Crippen MR) is 116 cm³/mol. The quantitative estimate of drug-likeness (QED) is 0.775. The van der Waals surface area contributed by atoms with E-state index in [9.17, 15) is 5.21 Å². The summed E-state index contributed by atoms with van der Waals surface area (Å²) in [5, 5.41) is 22.9. The molecule has 1 aromatic heterocycles. The van der Waals surface area contributed by atoms with E-state index in [1.165, 1.54) is 5.17 Å². The van der Waals surface area contributed by atoms with Gasteiger partial charge in [0.25, 0.3) is 0 Å². The predicted octanol–water partition coefficient (Wildman–Crippen LogP) is 2.21. The minimum Gasteiger partial charge on any atom is -0.377 e. The Kier molecular flexibility index (Phi) is 5.43. The first-order valence-electron chi connectivity index (χ1n) is 11.0. The first-order chi connectivity index (χ1) is 15.0. The van der Waals surface area contributed by atoms with E-state index in [4.69, 9.17) is 19.9 Å².